The number of hydrogen-bond acceptors (Lipinski definition) is 5. The second-order valence-corrected chi connectivity index (χ2v) is 7.23. The molecule has 2 aliphatic heterocycles. The van der Waals surface area contributed by atoms with E-state index in [1.54, 1.807) is 12.1 Å². The van der Waals surface area contributed by atoms with Gasteiger partial charge in [0, 0.05) is 36.7 Å². The Bertz CT molecular complexity index is 682. The molecular weight excluding hydrogens is 306 g/mol. The molecule has 1 saturated carbocycles. The number of ether oxygens (including phenoxy) is 1. The standard InChI is InChI=1S/C18H23N3O3/c19-17(23)11-2-3-12-8-21-9-15(24-14(12)6-11)16(22)13-7-18(13)4-1-5-20-10-18/h2-3,6,13,15,20-21H,1,4-5,7-10H2,(H2,19,23). The molecule has 1 aliphatic carbocycles. The van der Waals surface area contributed by atoms with Crippen LogP contribution in [-0.2, 0) is 11.3 Å². The minimum atomic E-state index is -0.499. The van der Waals surface area contributed by atoms with Crippen LogP contribution in [-0.4, -0.2) is 37.4 Å². The highest BCUT2D eigenvalue weighted by Crippen LogP contribution is 2.57. The van der Waals surface area contributed by atoms with Gasteiger partial charge in [-0.2, -0.15) is 0 Å². The predicted octanol–water partition coefficient (Wildman–Crippen LogP) is 0.595. The van der Waals surface area contributed by atoms with Gasteiger partial charge in [0.1, 0.15) is 5.75 Å². The van der Waals surface area contributed by atoms with E-state index in [0.29, 0.717) is 24.4 Å². The van der Waals surface area contributed by atoms with Crippen molar-refractivity contribution < 1.29 is 14.3 Å². The topological polar surface area (TPSA) is 93.5 Å². The van der Waals surface area contributed by atoms with Crippen molar-refractivity contribution in [2.75, 3.05) is 19.6 Å². The number of carbonyl (C=O) groups excluding carboxylic acids is 2. The van der Waals surface area contributed by atoms with Gasteiger partial charge in [0.2, 0.25) is 5.91 Å². The normalized spacial score (nSPS) is 31.7. The highest BCUT2D eigenvalue weighted by Gasteiger charge is 2.59. The number of benzene rings is 1. The number of nitrogens with one attached hydrogen (secondary N) is 2. The lowest BCUT2D eigenvalue weighted by molar-refractivity contribution is -0.127. The zero-order chi connectivity index (χ0) is 16.7. The molecule has 0 radical (unpaired) electrons. The highest BCUT2D eigenvalue weighted by molar-refractivity contribution is 5.93. The number of fused-ring (bicyclic) bond motifs is 1. The van der Waals surface area contributed by atoms with E-state index in [-0.39, 0.29) is 17.1 Å². The van der Waals surface area contributed by atoms with Gasteiger partial charge >= 0.3 is 0 Å². The van der Waals surface area contributed by atoms with Gasteiger partial charge in [-0.3, -0.25) is 9.59 Å². The Balaban J connectivity index is 1.51. The van der Waals surface area contributed by atoms with Crippen LogP contribution in [0.15, 0.2) is 18.2 Å². The monoisotopic (exact) mass is 329 g/mol. The molecule has 1 spiro atoms. The molecule has 0 aromatic heterocycles. The third-order valence-electron chi connectivity index (χ3n) is 5.62. The number of rotatable bonds is 3. The van der Waals surface area contributed by atoms with Crippen molar-refractivity contribution in [1.82, 2.24) is 10.6 Å². The number of primary amides is 1. The van der Waals surface area contributed by atoms with Crippen LogP contribution in [0.25, 0.3) is 0 Å². The molecule has 3 unspecified atom stereocenters. The first kappa shape index (κ1) is 15.6. The third kappa shape index (κ3) is 2.70. The number of Topliss-reactive ketones (excluding diaryl/α,β-unsaturated/α-hetero) is 1. The summed E-state index contributed by atoms with van der Waals surface area (Å²) in [7, 11) is 0. The second kappa shape index (κ2) is 5.86. The zero-order valence-electron chi connectivity index (χ0n) is 13.6. The van der Waals surface area contributed by atoms with Gasteiger partial charge < -0.3 is 21.1 Å². The molecule has 0 bridgehead atoms. The fourth-order valence-corrected chi connectivity index (χ4v) is 4.09. The molecule has 24 heavy (non-hydrogen) atoms. The van der Waals surface area contributed by atoms with Crippen LogP contribution in [0.4, 0.5) is 0 Å². The number of amides is 1. The minimum absolute atomic E-state index is 0.0953. The van der Waals surface area contributed by atoms with Gasteiger partial charge in [0.05, 0.1) is 0 Å². The van der Waals surface area contributed by atoms with E-state index in [2.05, 4.69) is 10.6 Å². The maximum Gasteiger partial charge on any atom is 0.248 e. The molecule has 1 aromatic rings. The number of hydrogen-bond donors (Lipinski definition) is 3. The average Bonchev–Trinajstić information content (AvgIpc) is 3.31. The lowest BCUT2D eigenvalue weighted by atomic mass is 9.91. The molecule has 2 heterocycles. The molecule has 128 valence electrons. The van der Waals surface area contributed by atoms with E-state index in [4.69, 9.17) is 10.5 Å². The highest BCUT2D eigenvalue weighted by atomic mass is 16.5. The lowest BCUT2D eigenvalue weighted by Gasteiger charge is -2.24. The first-order chi connectivity index (χ1) is 11.6. The molecule has 1 aromatic carbocycles. The van der Waals surface area contributed by atoms with E-state index in [1.165, 1.54) is 0 Å². The van der Waals surface area contributed by atoms with Crippen molar-refractivity contribution in [2.45, 2.75) is 31.9 Å². The largest absolute Gasteiger partial charge is 0.481 e. The van der Waals surface area contributed by atoms with Crippen LogP contribution in [0.2, 0.25) is 0 Å². The van der Waals surface area contributed by atoms with E-state index >= 15 is 0 Å². The number of nitrogens with two attached hydrogens (primary N) is 1. The van der Waals surface area contributed by atoms with Crippen LogP contribution >= 0.6 is 0 Å². The fourth-order valence-electron chi connectivity index (χ4n) is 4.09. The van der Waals surface area contributed by atoms with Gasteiger partial charge in [-0.15, -0.1) is 0 Å². The van der Waals surface area contributed by atoms with Crippen LogP contribution in [0.1, 0.15) is 35.2 Å². The van der Waals surface area contributed by atoms with Gasteiger partial charge in [-0.25, -0.2) is 0 Å². The fraction of sp³-hybridized carbons (Fsp3) is 0.556. The van der Waals surface area contributed by atoms with E-state index < -0.39 is 12.0 Å². The first-order valence-corrected chi connectivity index (χ1v) is 8.64. The van der Waals surface area contributed by atoms with E-state index in [1.807, 2.05) is 6.07 Å². The summed E-state index contributed by atoms with van der Waals surface area (Å²) in [6.45, 7) is 3.11. The molecule has 1 amide bonds. The smallest absolute Gasteiger partial charge is 0.248 e. The number of piperidine rings is 1. The van der Waals surface area contributed by atoms with Crippen molar-refractivity contribution >= 4 is 11.7 Å². The number of ketones is 1. The predicted molar refractivity (Wildman–Crippen MR) is 88.7 cm³/mol. The van der Waals surface area contributed by atoms with Gasteiger partial charge in [-0.1, -0.05) is 6.07 Å². The molecule has 4 rings (SSSR count). The Morgan fingerprint density at radius 1 is 1.29 bits per heavy atom. The Labute approximate surface area is 141 Å². The Morgan fingerprint density at radius 2 is 2.17 bits per heavy atom. The minimum Gasteiger partial charge on any atom is -0.481 e. The summed E-state index contributed by atoms with van der Waals surface area (Å²) < 4.78 is 6.00. The van der Waals surface area contributed by atoms with Gasteiger partial charge in [0.25, 0.3) is 0 Å². The van der Waals surface area contributed by atoms with Gasteiger partial charge in [0.15, 0.2) is 11.9 Å². The Morgan fingerprint density at radius 3 is 2.92 bits per heavy atom. The molecule has 4 N–H and O–H groups in total. The first-order valence-electron chi connectivity index (χ1n) is 8.64. The molecular formula is C18H23N3O3. The van der Waals surface area contributed by atoms with Crippen molar-refractivity contribution in [3.8, 4) is 5.75 Å². The zero-order valence-corrected chi connectivity index (χ0v) is 13.6. The van der Waals surface area contributed by atoms with E-state index in [9.17, 15) is 9.59 Å². The van der Waals surface area contributed by atoms with Crippen LogP contribution in [0.3, 0.4) is 0 Å². The van der Waals surface area contributed by atoms with Crippen LogP contribution in [0.5, 0.6) is 5.75 Å². The molecule has 3 atom stereocenters. The average molecular weight is 329 g/mol. The maximum absolute atomic E-state index is 12.9. The summed E-state index contributed by atoms with van der Waals surface area (Å²) in [4.78, 5) is 24.3. The van der Waals surface area contributed by atoms with Crippen molar-refractivity contribution in [1.29, 1.82) is 0 Å². The summed E-state index contributed by atoms with van der Waals surface area (Å²) in [6, 6.07) is 5.17. The molecule has 6 heteroatoms. The Kier molecular flexibility index (Phi) is 3.81. The maximum atomic E-state index is 12.9. The van der Waals surface area contributed by atoms with E-state index in [0.717, 1.165) is 37.9 Å². The van der Waals surface area contributed by atoms with Crippen LogP contribution < -0.4 is 21.1 Å². The summed E-state index contributed by atoms with van der Waals surface area (Å²) in [6.07, 6.45) is 2.73. The third-order valence-corrected chi connectivity index (χ3v) is 5.62. The molecule has 1 saturated heterocycles. The van der Waals surface area contributed by atoms with Gasteiger partial charge in [-0.05, 0) is 43.4 Å². The molecule has 6 nitrogen and oxygen atoms in total. The van der Waals surface area contributed by atoms with Crippen molar-refractivity contribution in [3.05, 3.63) is 29.3 Å². The summed E-state index contributed by atoms with van der Waals surface area (Å²) in [5.41, 5.74) is 6.85. The van der Waals surface area contributed by atoms with Crippen LogP contribution in [0, 0.1) is 11.3 Å². The van der Waals surface area contributed by atoms with Crippen molar-refractivity contribution in [2.24, 2.45) is 17.1 Å². The lowest BCUT2D eigenvalue weighted by Crippen LogP contribution is -2.40. The molecule has 3 aliphatic rings. The quantitative estimate of drug-likeness (QED) is 0.755. The summed E-state index contributed by atoms with van der Waals surface area (Å²) >= 11 is 0. The number of carbonyl (C=O) groups is 2. The summed E-state index contributed by atoms with van der Waals surface area (Å²) in [5.74, 6) is 0.378. The molecule has 2 fully saturated rings. The second-order valence-electron chi connectivity index (χ2n) is 7.23. The SMILES string of the molecule is NC(=O)c1ccc2c(c1)OC(C(=O)C1CC13CCCNC3)CNC2. The summed E-state index contributed by atoms with van der Waals surface area (Å²) in [5, 5.41) is 6.69. The van der Waals surface area contributed by atoms with Crippen molar-refractivity contribution in [3.63, 3.8) is 0 Å². The Hall–Kier alpha value is -1.92.